The van der Waals surface area contributed by atoms with Gasteiger partial charge in [-0.05, 0) is 25.7 Å². The van der Waals surface area contributed by atoms with Crippen molar-refractivity contribution in [2.45, 2.75) is 52.0 Å². The predicted molar refractivity (Wildman–Crippen MR) is 73.4 cm³/mol. The number of carbonyl (C=O) groups excluding carboxylic acids is 3. The minimum atomic E-state index is -0.492. The van der Waals surface area contributed by atoms with Gasteiger partial charge in [-0.1, -0.05) is 6.92 Å². The Labute approximate surface area is 114 Å². The minimum absolute atomic E-state index is 0.0622. The smallest absolute Gasteiger partial charge is 0.242 e. The van der Waals surface area contributed by atoms with Gasteiger partial charge in [-0.3, -0.25) is 14.4 Å². The highest BCUT2D eigenvalue weighted by Gasteiger charge is 2.17. The lowest BCUT2D eigenvalue weighted by Gasteiger charge is -2.16. The standard InChI is InChI=1S/C13H25N3O3/c1-4-7-12(18)15-9-6-5-8-11(13(19)14-3)16-10(2)17/h11H,4-9H2,1-3H3,(H,14,19)(H,15,18)(H,16,17)/t11-/m0/s1. The number of likely N-dealkylation sites (N-methyl/N-ethyl adjacent to an activating group) is 1. The molecule has 0 aliphatic carbocycles. The molecule has 3 amide bonds. The Balaban J connectivity index is 3.84. The lowest BCUT2D eigenvalue weighted by atomic mass is 10.1. The molecule has 110 valence electrons. The van der Waals surface area contributed by atoms with E-state index in [1.807, 2.05) is 6.92 Å². The highest BCUT2D eigenvalue weighted by Crippen LogP contribution is 2.01. The molecule has 19 heavy (non-hydrogen) atoms. The summed E-state index contributed by atoms with van der Waals surface area (Å²) in [5.74, 6) is -0.345. The first-order chi connectivity index (χ1) is 9.01. The second-order valence-electron chi connectivity index (χ2n) is 4.46. The molecule has 0 aliphatic heterocycles. The summed E-state index contributed by atoms with van der Waals surface area (Å²) in [6.07, 6.45) is 3.52. The fourth-order valence-electron chi connectivity index (χ4n) is 1.71. The van der Waals surface area contributed by atoms with Crippen LogP contribution in [0.4, 0.5) is 0 Å². The first kappa shape index (κ1) is 17.4. The molecule has 0 aromatic carbocycles. The molecule has 0 saturated heterocycles. The van der Waals surface area contributed by atoms with Gasteiger partial charge in [0.05, 0.1) is 0 Å². The van der Waals surface area contributed by atoms with E-state index >= 15 is 0 Å². The topological polar surface area (TPSA) is 87.3 Å². The quantitative estimate of drug-likeness (QED) is 0.528. The van der Waals surface area contributed by atoms with Crippen molar-refractivity contribution in [2.24, 2.45) is 0 Å². The maximum atomic E-state index is 11.5. The molecule has 3 N–H and O–H groups in total. The van der Waals surface area contributed by atoms with Crippen LogP contribution < -0.4 is 16.0 Å². The van der Waals surface area contributed by atoms with Crippen LogP contribution in [0.3, 0.4) is 0 Å². The van der Waals surface area contributed by atoms with E-state index in [1.54, 1.807) is 7.05 Å². The summed E-state index contributed by atoms with van der Waals surface area (Å²) in [5.41, 5.74) is 0. The Morgan fingerprint density at radius 2 is 1.84 bits per heavy atom. The summed E-state index contributed by atoms with van der Waals surface area (Å²) in [6, 6.07) is -0.492. The van der Waals surface area contributed by atoms with Crippen molar-refractivity contribution >= 4 is 17.7 Å². The van der Waals surface area contributed by atoms with Crippen molar-refractivity contribution in [3.63, 3.8) is 0 Å². The van der Waals surface area contributed by atoms with Gasteiger partial charge in [0.25, 0.3) is 0 Å². The predicted octanol–water partition coefficient (Wildman–Crippen LogP) is 0.324. The number of rotatable bonds is 9. The summed E-state index contributed by atoms with van der Waals surface area (Å²) < 4.78 is 0. The first-order valence-corrected chi connectivity index (χ1v) is 6.76. The zero-order chi connectivity index (χ0) is 14.7. The summed E-state index contributed by atoms with van der Waals surface area (Å²) >= 11 is 0. The Morgan fingerprint density at radius 1 is 1.16 bits per heavy atom. The van der Waals surface area contributed by atoms with Crippen LogP contribution in [-0.4, -0.2) is 37.4 Å². The van der Waals surface area contributed by atoms with Gasteiger partial charge in [0.15, 0.2) is 0 Å². The fourth-order valence-corrected chi connectivity index (χ4v) is 1.71. The van der Waals surface area contributed by atoms with E-state index in [2.05, 4.69) is 16.0 Å². The van der Waals surface area contributed by atoms with Gasteiger partial charge in [-0.2, -0.15) is 0 Å². The van der Waals surface area contributed by atoms with Crippen LogP contribution in [0.15, 0.2) is 0 Å². The van der Waals surface area contributed by atoms with Crippen LogP contribution >= 0.6 is 0 Å². The normalized spacial score (nSPS) is 11.5. The Hall–Kier alpha value is -1.59. The molecular weight excluding hydrogens is 246 g/mol. The number of hydrogen-bond donors (Lipinski definition) is 3. The minimum Gasteiger partial charge on any atom is -0.357 e. The summed E-state index contributed by atoms with van der Waals surface area (Å²) in [4.78, 5) is 33.7. The van der Waals surface area contributed by atoms with Crippen molar-refractivity contribution in [3.8, 4) is 0 Å². The van der Waals surface area contributed by atoms with Crippen LogP contribution in [0.2, 0.25) is 0 Å². The highest BCUT2D eigenvalue weighted by atomic mass is 16.2. The summed E-state index contributed by atoms with van der Waals surface area (Å²) in [6.45, 7) is 3.96. The largest absolute Gasteiger partial charge is 0.357 e. The van der Waals surface area contributed by atoms with Crippen molar-refractivity contribution in [2.75, 3.05) is 13.6 Å². The third-order valence-corrected chi connectivity index (χ3v) is 2.66. The lowest BCUT2D eigenvalue weighted by Crippen LogP contribution is -2.44. The van der Waals surface area contributed by atoms with Gasteiger partial charge < -0.3 is 16.0 Å². The second-order valence-corrected chi connectivity index (χ2v) is 4.46. The molecule has 0 fully saturated rings. The zero-order valence-electron chi connectivity index (χ0n) is 12.0. The lowest BCUT2D eigenvalue weighted by molar-refractivity contribution is -0.127. The number of amides is 3. The molecule has 0 aromatic rings. The van der Waals surface area contributed by atoms with E-state index in [1.165, 1.54) is 6.92 Å². The zero-order valence-corrected chi connectivity index (χ0v) is 12.0. The molecule has 0 rings (SSSR count). The molecule has 0 spiro atoms. The Kier molecular flexibility index (Phi) is 9.48. The van der Waals surface area contributed by atoms with Gasteiger partial charge in [-0.15, -0.1) is 0 Å². The van der Waals surface area contributed by atoms with Crippen LogP contribution in [0.1, 0.15) is 46.0 Å². The maximum absolute atomic E-state index is 11.5. The SMILES string of the molecule is CCCC(=O)NCCCC[C@H](NC(C)=O)C(=O)NC. The third-order valence-electron chi connectivity index (χ3n) is 2.66. The van der Waals surface area contributed by atoms with Gasteiger partial charge in [-0.25, -0.2) is 0 Å². The van der Waals surface area contributed by atoms with Crippen LogP contribution in [0.5, 0.6) is 0 Å². The van der Waals surface area contributed by atoms with Crippen LogP contribution in [0.25, 0.3) is 0 Å². The molecular formula is C13H25N3O3. The monoisotopic (exact) mass is 271 g/mol. The van der Waals surface area contributed by atoms with Crippen molar-refractivity contribution in [3.05, 3.63) is 0 Å². The third kappa shape index (κ3) is 9.04. The van der Waals surface area contributed by atoms with E-state index in [4.69, 9.17) is 0 Å². The molecule has 0 unspecified atom stereocenters. The molecule has 6 heteroatoms. The van der Waals surface area contributed by atoms with E-state index in [0.29, 0.717) is 19.4 Å². The molecule has 1 atom stereocenters. The van der Waals surface area contributed by atoms with Gasteiger partial charge in [0, 0.05) is 26.9 Å². The van der Waals surface area contributed by atoms with E-state index in [0.717, 1.165) is 19.3 Å². The number of carbonyl (C=O) groups is 3. The fraction of sp³-hybridized carbons (Fsp3) is 0.769. The van der Waals surface area contributed by atoms with Crippen LogP contribution in [0, 0.1) is 0 Å². The van der Waals surface area contributed by atoms with Crippen molar-refractivity contribution < 1.29 is 14.4 Å². The average Bonchev–Trinajstić information content (AvgIpc) is 2.36. The van der Waals surface area contributed by atoms with Crippen molar-refractivity contribution in [1.82, 2.24) is 16.0 Å². The molecule has 6 nitrogen and oxygen atoms in total. The van der Waals surface area contributed by atoms with Crippen LogP contribution in [-0.2, 0) is 14.4 Å². The first-order valence-electron chi connectivity index (χ1n) is 6.76. The second kappa shape index (κ2) is 10.3. The molecule has 0 radical (unpaired) electrons. The average molecular weight is 271 g/mol. The van der Waals surface area contributed by atoms with Gasteiger partial charge in [0.1, 0.15) is 6.04 Å². The van der Waals surface area contributed by atoms with E-state index in [-0.39, 0.29) is 17.7 Å². The number of nitrogens with one attached hydrogen (secondary N) is 3. The molecule has 0 heterocycles. The Bertz CT molecular complexity index is 306. The number of unbranched alkanes of at least 4 members (excludes halogenated alkanes) is 1. The van der Waals surface area contributed by atoms with Crippen molar-refractivity contribution in [1.29, 1.82) is 0 Å². The summed E-state index contributed by atoms with van der Waals surface area (Å²) in [7, 11) is 1.54. The van der Waals surface area contributed by atoms with Gasteiger partial charge >= 0.3 is 0 Å². The Morgan fingerprint density at radius 3 is 2.37 bits per heavy atom. The van der Waals surface area contributed by atoms with E-state index < -0.39 is 6.04 Å². The van der Waals surface area contributed by atoms with E-state index in [9.17, 15) is 14.4 Å². The molecule has 0 bridgehead atoms. The summed E-state index contributed by atoms with van der Waals surface area (Å²) in [5, 5.41) is 7.95. The molecule has 0 aromatic heterocycles. The highest BCUT2D eigenvalue weighted by molar-refractivity contribution is 5.86. The maximum Gasteiger partial charge on any atom is 0.242 e. The molecule has 0 aliphatic rings. The van der Waals surface area contributed by atoms with Gasteiger partial charge in [0.2, 0.25) is 17.7 Å². The number of hydrogen-bond acceptors (Lipinski definition) is 3. The molecule has 0 saturated carbocycles.